The third-order valence-corrected chi connectivity index (χ3v) is 3.70. The molecule has 0 bridgehead atoms. The van der Waals surface area contributed by atoms with E-state index in [9.17, 15) is 46.5 Å². The maximum absolute atomic E-state index is 14.6. The minimum atomic E-state index is -5.36. The maximum Gasteiger partial charge on any atom is 0.336 e. The summed E-state index contributed by atoms with van der Waals surface area (Å²) in [5.74, 6) is -15.6. The van der Waals surface area contributed by atoms with Crippen LogP contribution in [0.25, 0.3) is 0 Å². The second-order valence-corrected chi connectivity index (χ2v) is 5.90. The Balaban J connectivity index is 0. The van der Waals surface area contributed by atoms with Crippen LogP contribution < -0.4 is 0 Å². The van der Waals surface area contributed by atoms with Gasteiger partial charge in [0.1, 0.15) is 19.0 Å². The van der Waals surface area contributed by atoms with Crippen molar-refractivity contribution in [3.63, 3.8) is 0 Å². The van der Waals surface area contributed by atoms with Gasteiger partial charge in [-0.1, -0.05) is 6.58 Å². The van der Waals surface area contributed by atoms with Crippen LogP contribution in [0.4, 0.5) is 35.8 Å². The van der Waals surface area contributed by atoms with Gasteiger partial charge in [-0.3, -0.25) is 9.41 Å². The predicted octanol–water partition coefficient (Wildman–Crippen LogP) is 1.56. The summed E-state index contributed by atoms with van der Waals surface area (Å²) >= 11 is 0. The standard InChI is InChI=1S/C13H16F6O5.2FH/c1-2-8(20)24-11(16)4-9(21,6-14)3-10(22,7-15)13(18,19)12(17,23)5-11;;/h2,21-23H,1,3-7H2;2*1H. The zero-order valence-electron chi connectivity index (χ0n) is 13.1. The summed E-state index contributed by atoms with van der Waals surface area (Å²) in [5.41, 5.74) is -7.15. The Morgan fingerprint density at radius 1 is 1.00 bits per heavy atom. The third-order valence-electron chi connectivity index (χ3n) is 3.70. The molecule has 0 amide bonds. The van der Waals surface area contributed by atoms with Crippen LogP contribution >= 0.6 is 0 Å². The van der Waals surface area contributed by atoms with Crippen molar-refractivity contribution in [1.82, 2.24) is 0 Å². The zero-order chi connectivity index (χ0) is 19.0. The van der Waals surface area contributed by atoms with Gasteiger partial charge in [0.15, 0.2) is 5.60 Å². The van der Waals surface area contributed by atoms with Crippen LogP contribution in [0.1, 0.15) is 19.3 Å². The fraction of sp³-hybridized carbons (Fsp3) is 0.769. The Bertz CT molecular complexity index is 519. The topological polar surface area (TPSA) is 87.0 Å². The molecule has 1 fully saturated rings. The van der Waals surface area contributed by atoms with Gasteiger partial charge in [0.05, 0.1) is 6.42 Å². The molecule has 0 aromatic rings. The average Bonchev–Trinajstić information content (AvgIpc) is 2.44. The van der Waals surface area contributed by atoms with Gasteiger partial charge in [0.25, 0.3) is 11.7 Å². The fourth-order valence-corrected chi connectivity index (χ4v) is 2.61. The molecule has 0 saturated heterocycles. The van der Waals surface area contributed by atoms with Crippen molar-refractivity contribution in [2.75, 3.05) is 13.3 Å². The molecule has 0 aromatic heterocycles. The third kappa shape index (κ3) is 4.62. The quantitative estimate of drug-likeness (QED) is 0.375. The number of hydrogen-bond donors (Lipinski definition) is 3. The molecule has 26 heavy (non-hydrogen) atoms. The minimum absolute atomic E-state index is 0. The SMILES string of the molecule is C=CC(=O)OC1(F)CC(O)(CF)CC(O)(CF)C(F)(F)C(O)(F)C1.F.F. The minimum Gasteiger partial charge on any atom is -0.425 e. The van der Waals surface area contributed by atoms with Gasteiger partial charge in [-0.25, -0.2) is 18.0 Å². The van der Waals surface area contributed by atoms with Crippen molar-refractivity contribution in [2.24, 2.45) is 0 Å². The zero-order valence-corrected chi connectivity index (χ0v) is 13.1. The molecule has 4 atom stereocenters. The Hall–Kier alpha value is -1.47. The molecule has 1 aliphatic rings. The van der Waals surface area contributed by atoms with Crippen LogP contribution in [0.15, 0.2) is 12.7 Å². The lowest BCUT2D eigenvalue weighted by Crippen LogP contribution is -2.68. The van der Waals surface area contributed by atoms with E-state index in [1.807, 2.05) is 0 Å². The van der Waals surface area contributed by atoms with E-state index in [2.05, 4.69) is 11.3 Å². The molecule has 5 nitrogen and oxygen atoms in total. The van der Waals surface area contributed by atoms with Crippen molar-refractivity contribution in [3.05, 3.63) is 12.7 Å². The first-order chi connectivity index (χ1) is 10.7. The van der Waals surface area contributed by atoms with Gasteiger partial charge < -0.3 is 20.1 Å². The van der Waals surface area contributed by atoms with E-state index in [1.165, 1.54) is 0 Å². The lowest BCUT2D eigenvalue weighted by Gasteiger charge is -2.48. The van der Waals surface area contributed by atoms with Crippen LogP contribution in [0, 0.1) is 0 Å². The van der Waals surface area contributed by atoms with Crippen molar-refractivity contribution in [1.29, 1.82) is 0 Å². The van der Waals surface area contributed by atoms with Gasteiger partial charge in [-0.15, -0.1) is 0 Å². The summed E-state index contributed by atoms with van der Waals surface area (Å²) in [6.45, 7) is -1.44. The van der Waals surface area contributed by atoms with Gasteiger partial charge in [0, 0.05) is 18.9 Å². The van der Waals surface area contributed by atoms with Crippen LogP contribution in [-0.2, 0) is 9.53 Å². The number of aliphatic hydroxyl groups is 3. The fourth-order valence-electron chi connectivity index (χ4n) is 2.61. The first-order valence-electron chi connectivity index (χ1n) is 6.60. The first kappa shape index (κ1) is 26.8. The Labute approximate surface area is 142 Å². The van der Waals surface area contributed by atoms with E-state index < -0.39 is 67.4 Å². The number of esters is 1. The Morgan fingerprint density at radius 2 is 1.50 bits per heavy atom. The van der Waals surface area contributed by atoms with E-state index in [0.717, 1.165) is 0 Å². The lowest BCUT2D eigenvalue weighted by molar-refractivity contribution is -0.362. The number of halogens is 8. The molecule has 3 N–H and O–H groups in total. The van der Waals surface area contributed by atoms with Gasteiger partial charge in [-0.2, -0.15) is 13.2 Å². The van der Waals surface area contributed by atoms with E-state index in [4.69, 9.17) is 0 Å². The number of hydrogen-bond acceptors (Lipinski definition) is 5. The number of ether oxygens (including phenoxy) is 1. The molecule has 0 heterocycles. The summed E-state index contributed by atoms with van der Waals surface area (Å²) in [6.07, 6.45) is -5.44. The highest BCUT2D eigenvalue weighted by Gasteiger charge is 2.73. The van der Waals surface area contributed by atoms with Gasteiger partial charge >= 0.3 is 11.9 Å². The summed E-state index contributed by atoms with van der Waals surface area (Å²) in [7, 11) is 0. The highest BCUT2D eigenvalue weighted by atomic mass is 19.3. The highest BCUT2D eigenvalue weighted by molar-refractivity contribution is 5.81. The number of alkyl halides is 6. The van der Waals surface area contributed by atoms with Crippen molar-refractivity contribution in [2.45, 2.75) is 48.1 Å². The van der Waals surface area contributed by atoms with E-state index >= 15 is 0 Å². The summed E-state index contributed by atoms with van der Waals surface area (Å²) in [4.78, 5) is 11.1. The normalized spacial score (nSPS) is 39.4. The molecule has 0 radical (unpaired) electrons. The van der Waals surface area contributed by atoms with Crippen LogP contribution in [0.5, 0.6) is 0 Å². The van der Waals surface area contributed by atoms with Gasteiger partial charge in [-0.05, 0) is 0 Å². The van der Waals surface area contributed by atoms with Gasteiger partial charge in [0.2, 0.25) is 0 Å². The number of carbonyl (C=O) groups excluding carboxylic acids is 1. The molecular weight excluding hydrogens is 388 g/mol. The van der Waals surface area contributed by atoms with Crippen molar-refractivity contribution in [3.8, 4) is 0 Å². The molecule has 4 unspecified atom stereocenters. The predicted molar refractivity (Wildman–Crippen MR) is 71.8 cm³/mol. The average molecular weight is 406 g/mol. The van der Waals surface area contributed by atoms with Crippen LogP contribution in [0.3, 0.4) is 0 Å². The van der Waals surface area contributed by atoms with E-state index in [0.29, 0.717) is 6.08 Å². The molecule has 0 aliphatic heterocycles. The molecule has 1 rings (SSSR count). The first-order valence-corrected chi connectivity index (χ1v) is 6.60. The largest absolute Gasteiger partial charge is 0.425 e. The second kappa shape index (κ2) is 8.05. The molecule has 156 valence electrons. The van der Waals surface area contributed by atoms with Crippen LogP contribution in [-0.4, -0.2) is 63.5 Å². The molecule has 1 saturated carbocycles. The van der Waals surface area contributed by atoms with Crippen molar-refractivity contribution < 1.29 is 60.6 Å². The smallest absolute Gasteiger partial charge is 0.336 e. The Kier molecular flexibility index (Phi) is 8.28. The lowest BCUT2D eigenvalue weighted by atomic mass is 9.73. The number of carbonyl (C=O) groups is 1. The molecule has 0 aromatic carbocycles. The van der Waals surface area contributed by atoms with E-state index in [-0.39, 0.29) is 9.41 Å². The highest BCUT2D eigenvalue weighted by Crippen LogP contribution is 2.52. The Morgan fingerprint density at radius 3 is 1.88 bits per heavy atom. The molecule has 0 spiro atoms. The molecular formula is C13H18F8O5. The second-order valence-electron chi connectivity index (χ2n) is 5.90. The molecule has 13 heteroatoms. The molecule has 1 aliphatic carbocycles. The monoisotopic (exact) mass is 406 g/mol. The summed E-state index contributed by atoms with van der Waals surface area (Å²) in [5, 5.41) is 28.8. The summed E-state index contributed by atoms with van der Waals surface area (Å²) in [6, 6.07) is 0. The number of rotatable bonds is 4. The van der Waals surface area contributed by atoms with Crippen molar-refractivity contribution >= 4 is 5.97 Å². The van der Waals surface area contributed by atoms with E-state index in [1.54, 1.807) is 0 Å². The summed E-state index contributed by atoms with van der Waals surface area (Å²) < 4.78 is 86.7. The van der Waals surface area contributed by atoms with Crippen LogP contribution in [0.2, 0.25) is 0 Å². The maximum atomic E-state index is 14.6.